The van der Waals surface area contributed by atoms with Gasteiger partial charge in [-0.1, -0.05) is 159 Å². The van der Waals surface area contributed by atoms with Crippen molar-refractivity contribution in [1.82, 2.24) is 25.2 Å². The summed E-state index contributed by atoms with van der Waals surface area (Å²) in [5.41, 5.74) is 6.19. The van der Waals surface area contributed by atoms with Crippen LogP contribution in [0.25, 0.3) is 22.6 Å². The normalized spacial score (nSPS) is 11.3. The molecule has 0 fully saturated rings. The van der Waals surface area contributed by atoms with Crippen LogP contribution in [0.1, 0.15) is 36.1 Å². The number of urea groups is 1. The summed E-state index contributed by atoms with van der Waals surface area (Å²) in [6.07, 6.45) is 0. The predicted molar refractivity (Wildman–Crippen MR) is 232 cm³/mol. The monoisotopic (exact) mass is 778 g/mol. The Bertz CT molecular complexity index is 2520. The smallest absolute Gasteiger partial charge is 0.323 e. The predicted octanol–water partition coefficient (Wildman–Crippen LogP) is 10.7. The van der Waals surface area contributed by atoms with Crippen LogP contribution >= 0.6 is 0 Å². The molecule has 0 aliphatic heterocycles. The molecule has 0 aliphatic rings. The maximum atomic E-state index is 13.7. The topological polar surface area (TPSA) is 101 Å². The van der Waals surface area contributed by atoms with E-state index in [0.717, 1.165) is 33.4 Å². The molecule has 0 atom stereocenters. The van der Waals surface area contributed by atoms with Crippen LogP contribution < -0.4 is 15.5 Å². The number of hydrogen-bond acceptors (Lipinski definition) is 6. The number of anilines is 3. The summed E-state index contributed by atoms with van der Waals surface area (Å²) in [5, 5.41) is 19.7. The average Bonchev–Trinajstić information content (AvgIpc) is 3.76. The molecule has 0 aliphatic carbocycles. The largest absolute Gasteiger partial charge is 0.352 e. The highest BCUT2D eigenvalue weighted by atomic mass is 19.1. The molecule has 8 rings (SSSR count). The van der Waals surface area contributed by atoms with E-state index in [1.54, 1.807) is 0 Å². The molecule has 2 aromatic heterocycles. The molecular weight excluding hydrogens is 736 g/mol. The molecule has 2 heterocycles. The molecule has 2 N–H and O–H groups in total. The summed E-state index contributed by atoms with van der Waals surface area (Å²) >= 11 is 0. The van der Waals surface area contributed by atoms with Gasteiger partial charge in [0, 0.05) is 41.7 Å². The minimum absolute atomic E-state index is 0.307. The van der Waals surface area contributed by atoms with Crippen LogP contribution in [0.15, 0.2) is 182 Å². The fourth-order valence-corrected chi connectivity index (χ4v) is 7.59. The molecule has 0 unspecified atom stereocenters. The highest BCUT2D eigenvalue weighted by molar-refractivity contribution is 6.00. The van der Waals surface area contributed by atoms with Gasteiger partial charge in [0.25, 0.3) is 0 Å². The number of nitrogens with one attached hydrogen (secondary N) is 2. The molecule has 8 aromatic rings. The maximum Gasteiger partial charge on any atom is 0.323 e. The van der Waals surface area contributed by atoms with E-state index in [1.165, 1.54) is 24.3 Å². The van der Waals surface area contributed by atoms with E-state index in [2.05, 4.69) is 83.1 Å². The van der Waals surface area contributed by atoms with E-state index in [1.807, 2.05) is 114 Å². The van der Waals surface area contributed by atoms with Gasteiger partial charge < -0.3 is 15.5 Å². The lowest BCUT2D eigenvalue weighted by atomic mass is 9.77. The fourth-order valence-electron chi connectivity index (χ4n) is 7.59. The Labute approximate surface area is 343 Å². The van der Waals surface area contributed by atoms with Crippen molar-refractivity contribution < 1.29 is 9.18 Å². The van der Waals surface area contributed by atoms with Crippen molar-refractivity contribution in [3.05, 3.63) is 210 Å². The third-order valence-corrected chi connectivity index (χ3v) is 10.1. The third-order valence-electron chi connectivity index (χ3n) is 10.1. The second kappa shape index (κ2) is 17.4. The SMILES string of the molecule is CC(C)CN(Cc1ccccc1)c1cc(NC(=O)Nc2ccc(F)cc2)cc(-c2ccccc2-c2nnnn2C(c2ccccc2)(c2ccccc2)c2ccccc2)n1. The minimum Gasteiger partial charge on any atom is -0.352 e. The molecule has 0 saturated heterocycles. The summed E-state index contributed by atoms with van der Waals surface area (Å²) in [5.74, 6) is 1.12. The number of tetrazole rings is 1. The van der Waals surface area contributed by atoms with Gasteiger partial charge in [-0.15, -0.1) is 5.10 Å². The van der Waals surface area contributed by atoms with Gasteiger partial charge in [0.1, 0.15) is 17.2 Å². The molecule has 292 valence electrons. The van der Waals surface area contributed by atoms with Crippen LogP contribution in [0.2, 0.25) is 0 Å². The summed E-state index contributed by atoms with van der Waals surface area (Å²) in [6, 6.07) is 57.9. The molecule has 0 saturated carbocycles. The molecule has 59 heavy (non-hydrogen) atoms. The van der Waals surface area contributed by atoms with Crippen molar-refractivity contribution in [3.8, 4) is 22.6 Å². The van der Waals surface area contributed by atoms with Crippen LogP contribution in [0.3, 0.4) is 0 Å². The fraction of sp³-hybridized carbons (Fsp3) is 0.122. The quantitative estimate of drug-likeness (QED) is 0.113. The van der Waals surface area contributed by atoms with Crippen molar-refractivity contribution in [2.45, 2.75) is 25.9 Å². The lowest BCUT2D eigenvalue weighted by molar-refractivity contribution is 0.262. The van der Waals surface area contributed by atoms with Crippen molar-refractivity contribution >= 4 is 23.2 Å². The zero-order valence-electron chi connectivity index (χ0n) is 32.8. The Morgan fingerprint density at radius 2 is 1.19 bits per heavy atom. The average molecular weight is 779 g/mol. The molecule has 0 radical (unpaired) electrons. The van der Waals surface area contributed by atoms with Crippen molar-refractivity contribution in [1.29, 1.82) is 0 Å². The molecule has 0 bridgehead atoms. The summed E-state index contributed by atoms with van der Waals surface area (Å²) in [7, 11) is 0. The molecular formula is C49H43FN8O. The summed E-state index contributed by atoms with van der Waals surface area (Å²) in [6.45, 7) is 5.65. The molecule has 9 nitrogen and oxygen atoms in total. The van der Waals surface area contributed by atoms with Gasteiger partial charge in [-0.3, -0.25) is 0 Å². The van der Waals surface area contributed by atoms with E-state index in [9.17, 15) is 9.18 Å². The van der Waals surface area contributed by atoms with E-state index in [4.69, 9.17) is 15.3 Å². The van der Waals surface area contributed by atoms with E-state index in [-0.39, 0.29) is 5.82 Å². The van der Waals surface area contributed by atoms with Crippen LogP contribution in [-0.2, 0) is 12.1 Å². The minimum atomic E-state index is -0.972. The Hall–Kier alpha value is -7.46. The van der Waals surface area contributed by atoms with Crippen LogP contribution in [0.5, 0.6) is 0 Å². The number of benzene rings is 6. The number of amides is 2. The first-order valence-corrected chi connectivity index (χ1v) is 19.6. The number of halogens is 1. The number of carbonyl (C=O) groups excluding carboxylic acids is 1. The van der Waals surface area contributed by atoms with Crippen LogP contribution in [0, 0.1) is 11.7 Å². The summed E-state index contributed by atoms with van der Waals surface area (Å²) < 4.78 is 15.6. The van der Waals surface area contributed by atoms with Gasteiger partial charge in [0.15, 0.2) is 5.82 Å². The number of pyridine rings is 1. The number of carbonyl (C=O) groups is 1. The number of nitrogens with zero attached hydrogens (tertiary/aromatic N) is 6. The molecule has 6 aromatic carbocycles. The second-order valence-corrected chi connectivity index (χ2v) is 14.7. The van der Waals surface area contributed by atoms with Gasteiger partial charge in [0.2, 0.25) is 0 Å². The van der Waals surface area contributed by atoms with Gasteiger partial charge in [-0.05, 0) is 68.9 Å². The Morgan fingerprint density at radius 3 is 1.76 bits per heavy atom. The first kappa shape index (κ1) is 38.4. The highest BCUT2D eigenvalue weighted by Gasteiger charge is 2.42. The molecule has 10 heteroatoms. The number of aromatic nitrogens is 5. The molecule has 2 amide bonds. The Kier molecular flexibility index (Phi) is 11.3. The van der Waals surface area contributed by atoms with Crippen LogP contribution in [-0.4, -0.2) is 37.8 Å². The third kappa shape index (κ3) is 8.33. The van der Waals surface area contributed by atoms with Gasteiger partial charge in [0.05, 0.1) is 5.69 Å². The van der Waals surface area contributed by atoms with Crippen molar-refractivity contribution in [2.75, 3.05) is 22.1 Å². The van der Waals surface area contributed by atoms with E-state index < -0.39 is 11.6 Å². The van der Waals surface area contributed by atoms with Crippen LogP contribution in [0.4, 0.5) is 26.4 Å². The van der Waals surface area contributed by atoms with Gasteiger partial charge in [-0.25, -0.2) is 18.9 Å². The summed E-state index contributed by atoms with van der Waals surface area (Å²) in [4.78, 5) is 21.1. The van der Waals surface area contributed by atoms with Gasteiger partial charge in [-0.2, -0.15) is 0 Å². The second-order valence-electron chi connectivity index (χ2n) is 14.7. The van der Waals surface area contributed by atoms with E-state index >= 15 is 0 Å². The first-order chi connectivity index (χ1) is 28.9. The van der Waals surface area contributed by atoms with Gasteiger partial charge >= 0.3 is 6.03 Å². The number of hydrogen-bond donors (Lipinski definition) is 2. The highest BCUT2D eigenvalue weighted by Crippen LogP contribution is 2.43. The lowest BCUT2D eigenvalue weighted by Crippen LogP contribution is -2.39. The first-order valence-electron chi connectivity index (χ1n) is 19.6. The van der Waals surface area contributed by atoms with Crippen molar-refractivity contribution in [3.63, 3.8) is 0 Å². The molecule has 0 spiro atoms. The maximum absolute atomic E-state index is 13.7. The number of rotatable bonds is 13. The van der Waals surface area contributed by atoms with E-state index in [0.29, 0.717) is 47.7 Å². The zero-order chi connectivity index (χ0) is 40.6. The Morgan fingerprint density at radius 1 is 0.661 bits per heavy atom. The van der Waals surface area contributed by atoms with Crippen molar-refractivity contribution in [2.24, 2.45) is 5.92 Å². The Balaban J connectivity index is 1.30. The lowest BCUT2D eigenvalue weighted by Gasteiger charge is -2.36. The standard InChI is InChI=1S/C49H43FN8O/c1-35(2)33-57(34-36-17-7-3-8-18-36)46-32-42(52-48(59)51-41-29-27-40(50)28-30-41)31-45(53-46)43-25-15-16-26-44(43)47-54-55-56-58(47)49(37-19-9-4-10-20-37,38-21-11-5-12-22-38)39-23-13-6-14-24-39/h3-32,35H,33-34H2,1-2H3,(H2,51,52,53,59). The zero-order valence-corrected chi connectivity index (χ0v) is 32.8.